The maximum Gasteiger partial charge on any atom is 0.224 e. The van der Waals surface area contributed by atoms with Crippen LogP contribution in [-0.4, -0.2) is 49.6 Å². The lowest BCUT2D eigenvalue weighted by atomic mass is 10.2. The molecule has 114 valence electrons. The van der Waals surface area contributed by atoms with E-state index in [4.69, 9.17) is 5.73 Å². The van der Waals surface area contributed by atoms with Crippen molar-refractivity contribution in [2.75, 3.05) is 13.1 Å². The molecule has 1 aliphatic heterocycles. The maximum atomic E-state index is 12.0. The number of sulfonamides is 1. The van der Waals surface area contributed by atoms with Gasteiger partial charge in [-0.25, -0.2) is 13.1 Å². The van der Waals surface area contributed by atoms with Gasteiger partial charge < -0.3 is 10.6 Å². The Morgan fingerprint density at radius 1 is 1.42 bits per heavy atom. The van der Waals surface area contributed by atoms with Crippen LogP contribution >= 0.6 is 12.4 Å². The summed E-state index contributed by atoms with van der Waals surface area (Å²) in [5.74, 6) is -0.0627. The third kappa shape index (κ3) is 5.64. The summed E-state index contributed by atoms with van der Waals surface area (Å²) >= 11 is 0. The molecule has 0 aromatic carbocycles. The van der Waals surface area contributed by atoms with Crippen LogP contribution in [0.25, 0.3) is 0 Å². The Balaban J connectivity index is 0.00000324. The fourth-order valence-corrected chi connectivity index (χ4v) is 3.68. The predicted octanol–water partition coefficient (Wildman–Crippen LogP) is 0.0742. The second-order valence-corrected chi connectivity index (χ2v) is 7.24. The second-order valence-electron chi connectivity index (χ2n) is 5.25. The number of carbonyl (C=O) groups excluding carboxylic acids is 1. The number of nitrogens with zero attached hydrogens (tertiary/aromatic N) is 1. The molecule has 2 atom stereocenters. The number of halogens is 1. The molecule has 0 aromatic rings. The average Bonchev–Trinajstić information content (AvgIpc) is 2.62. The summed E-state index contributed by atoms with van der Waals surface area (Å²) in [6.07, 6.45) is 0.761. The van der Waals surface area contributed by atoms with E-state index in [9.17, 15) is 13.2 Å². The van der Waals surface area contributed by atoms with E-state index >= 15 is 0 Å². The zero-order valence-electron chi connectivity index (χ0n) is 11.6. The number of amides is 1. The number of nitrogens with one attached hydrogen (secondary N) is 1. The van der Waals surface area contributed by atoms with Gasteiger partial charge >= 0.3 is 0 Å². The van der Waals surface area contributed by atoms with E-state index < -0.39 is 15.3 Å². The Hall–Kier alpha value is -0.370. The molecule has 0 aromatic heterocycles. The molecule has 0 radical (unpaired) electrons. The van der Waals surface area contributed by atoms with Gasteiger partial charge in [-0.3, -0.25) is 4.79 Å². The van der Waals surface area contributed by atoms with Crippen LogP contribution in [0, 0.1) is 0 Å². The molecule has 8 heteroatoms. The number of likely N-dealkylation sites (tertiary alicyclic amines) is 1. The third-order valence-electron chi connectivity index (χ3n) is 2.83. The number of nitrogens with two attached hydrogens (primary N) is 1. The number of rotatable bonds is 5. The van der Waals surface area contributed by atoms with Crippen LogP contribution in [0.2, 0.25) is 0 Å². The van der Waals surface area contributed by atoms with Crippen LogP contribution < -0.4 is 10.5 Å². The van der Waals surface area contributed by atoms with Crippen molar-refractivity contribution in [2.45, 2.75) is 50.9 Å². The smallest absolute Gasteiger partial charge is 0.224 e. The monoisotopic (exact) mass is 313 g/mol. The molecule has 0 saturated carbocycles. The number of carbonyl (C=O) groups is 1. The summed E-state index contributed by atoms with van der Waals surface area (Å²) in [7, 11) is -3.33. The predicted molar refractivity (Wildman–Crippen MR) is 77.7 cm³/mol. The van der Waals surface area contributed by atoms with E-state index in [-0.39, 0.29) is 43.4 Å². The Morgan fingerprint density at radius 2 is 2.00 bits per heavy atom. The van der Waals surface area contributed by atoms with Crippen molar-refractivity contribution in [3.05, 3.63) is 0 Å². The van der Waals surface area contributed by atoms with Gasteiger partial charge in [-0.15, -0.1) is 12.4 Å². The summed E-state index contributed by atoms with van der Waals surface area (Å²) in [6.45, 7) is 6.10. The summed E-state index contributed by atoms with van der Waals surface area (Å²) in [5, 5.41) is -0.503. The first-order valence-corrected chi connectivity index (χ1v) is 7.81. The maximum absolute atomic E-state index is 12.0. The molecule has 1 saturated heterocycles. The van der Waals surface area contributed by atoms with Crippen molar-refractivity contribution < 1.29 is 13.2 Å². The van der Waals surface area contributed by atoms with Gasteiger partial charge in [-0.05, 0) is 27.2 Å². The van der Waals surface area contributed by atoms with Crippen LogP contribution in [0.4, 0.5) is 0 Å². The molecular weight excluding hydrogens is 290 g/mol. The molecule has 2 unspecified atom stereocenters. The summed E-state index contributed by atoms with van der Waals surface area (Å²) < 4.78 is 26.5. The van der Waals surface area contributed by atoms with Crippen LogP contribution in [0.3, 0.4) is 0 Å². The molecular formula is C11H24ClN3O3S. The van der Waals surface area contributed by atoms with Gasteiger partial charge in [0.25, 0.3) is 0 Å². The molecule has 1 fully saturated rings. The topological polar surface area (TPSA) is 92.5 Å². The van der Waals surface area contributed by atoms with E-state index in [0.29, 0.717) is 13.0 Å². The minimum Gasteiger partial charge on any atom is -0.341 e. The molecule has 19 heavy (non-hydrogen) atoms. The first kappa shape index (κ1) is 18.6. The Labute approximate surface area is 121 Å². The van der Waals surface area contributed by atoms with Crippen molar-refractivity contribution in [1.82, 2.24) is 9.62 Å². The van der Waals surface area contributed by atoms with Gasteiger partial charge in [0.1, 0.15) is 0 Å². The molecule has 0 spiro atoms. The van der Waals surface area contributed by atoms with Gasteiger partial charge in [0, 0.05) is 31.6 Å². The average molecular weight is 314 g/mol. The summed E-state index contributed by atoms with van der Waals surface area (Å²) in [4.78, 5) is 13.4. The zero-order chi connectivity index (χ0) is 13.9. The fourth-order valence-electron chi connectivity index (χ4n) is 2.04. The summed E-state index contributed by atoms with van der Waals surface area (Å²) in [5.41, 5.74) is 5.57. The largest absolute Gasteiger partial charge is 0.341 e. The van der Waals surface area contributed by atoms with Crippen molar-refractivity contribution in [2.24, 2.45) is 5.73 Å². The highest BCUT2D eigenvalue weighted by atomic mass is 35.5. The van der Waals surface area contributed by atoms with Gasteiger partial charge in [0.15, 0.2) is 0 Å². The van der Waals surface area contributed by atoms with Gasteiger partial charge in [0.05, 0.1) is 5.25 Å². The Bertz CT molecular complexity index is 398. The molecule has 3 N–H and O–H groups in total. The van der Waals surface area contributed by atoms with Crippen molar-refractivity contribution in [3.8, 4) is 0 Å². The fraction of sp³-hybridized carbons (Fsp3) is 0.909. The van der Waals surface area contributed by atoms with E-state index in [1.807, 2.05) is 0 Å². The molecule has 6 nitrogen and oxygen atoms in total. The molecule has 1 aliphatic rings. The first-order chi connectivity index (χ1) is 8.22. The van der Waals surface area contributed by atoms with Crippen LogP contribution in [0.15, 0.2) is 0 Å². The van der Waals surface area contributed by atoms with E-state index in [0.717, 1.165) is 0 Å². The highest BCUT2D eigenvalue weighted by Gasteiger charge is 2.35. The Kier molecular flexibility index (Phi) is 7.28. The second kappa shape index (κ2) is 7.42. The first-order valence-electron chi connectivity index (χ1n) is 6.27. The molecule has 0 bridgehead atoms. The lowest BCUT2D eigenvalue weighted by molar-refractivity contribution is -0.130. The SMILES string of the molecule is CC(N)CC(=O)N1CCC(S(=O)(=O)NC(C)C)C1.Cl. The van der Waals surface area contributed by atoms with Crippen molar-refractivity contribution in [1.29, 1.82) is 0 Å². The van der Waals surface area contributed by atoms with Gasteiger partial charge in [-0.1, -0.05) is 0 Å². The molecule has 1 amide bonds. The minimum atomic E-state index is -3.33. The lowest BCUT2D eigenvalue weighted by Crippen LogP contribution is -2.41. The van der Waals surface area contributed by atoms with Gasteiger partial charge in [-0.2, -0.15) is 0 Å². The number of hydrogen-bond acceptors (Lipinski definition) is 4. The van der Waals surface area contributed by atoms with E-state index in [2.05, 4.69) is 4.72 Å². The highest BCUT2D eigenvalue weighted by molar-refractivity contribution is 7.90. The Morgan fingerprint density at radius 3 is 2.47 bits per heavy atom. The van der Waals surface area contributed by atoms with Crippen LogP contribution in [0.1, 0.15) is 33.6 Å². The molecule has 1 heterocycles. The van der Waals surface area contributed by atoms with Gasteiger partial charge in [0.2, 0.25) is 15.9 Å². The normalized spacial score (nSPS) is 21.3. The zero-order valence-corrected chi connectivity index (χ0v) is 13.3. The quantitative estimate of drug-likeness (QED) is 0.751. The van der Waals surface area contributed by atoms with Crippen molar-refractivity contribution >= 4 is 28.3 Å². The molecule has 0 aliphatic carbocycles. The van der Waals surface area contributed by atoms with Crippen molar-refractivity contribution in [3.63, 3.8) is 0 Å². The lowest BCUT2D eigenvalue weighted by Gasteiger charge is -2.18. The third-order valence-corrected chi connectivity index (χ3v) is 4.90. The van der Waals surface area contributed by atoms with E-state index in [1.54, 1.807) is 25.7 Å². The summed E-state index contributed by atoms with van der Waals surface area (Å²) in [6, 6.07) is -0.314. The minimum absolute atomic E-state index is 0. The van der Waals surface area contributed by atoms with E-state index in [1.165, 1.54) is 0 Å². The number of hydrogen-bond donors (Lipinski definition) is 2. The van der Waals surface area contributed by atoms with Crippen LogP contribution in [-0.2, 0) is 14.8 Å². The highest BCUT2D eigenvalue weighted by Crippen LogP contribution is 2.17. The molecule has 1 rings (SSSR count). The standard InChI is InChI=1S/C11H23N3O3S.ClH/c1-8(2)13-18(16,17)10-4-5-14(7-10)11(15)6-9(3)12;/h8-10,13H,4-7,12H2,1-3H3;1H. The van der Waals surface area contributed by atoms with Crippen LogP contribution in [0.5, 0.6) is 0 Å².